The highest BCUT2D eigenvalue weighted by Crippen LogP contribution is 2.37. The number of allylic oxidation sites excluding steroid dienone is 1. The molecule has 0 amide bonds. The van der Waals surface area contributed by atoms with E-state index in [1.54, 1.807) is 12.1 Å². The lowest BCUT2D eigenvalue weighted by atomic mass is 10.1. The van der Waals surface area contributed by atoms with E-state index in [1.807, 2.05) is 0 Å². The van der Waals surface area contributed by atoms with E-state index in [0.29, 0.717) is 28.0 Å². The van der Waals surface area contributed by atoms with Gasteiger partial charge in [-0.15, -0.1) is 0 Å². The van der Waals surface area contributed by atoms with Crippen LogP contribution in [0.15, 0.2) is 22.3 Å². The summed E-state index contributed by atoms with van der Waals surface area (Å²) in [7, 11) is 0. The first kappa shape index (κ1) is 16.3. The summed E-state index contributed by atoms with van der Waals surface area (Å²) in [5, 5.41) is 11.1. The summed E-state index contributed by atoms with van der Waals surface area (Å²) in [6, 6.07) is 3.40. The minimum Gasteiger partial charge on any atom is -0.466 e. The molecular formula is C14H14BrNO6. The number of carbonyl (C=O) groups excluding carboxylic acids is 1. The van der Waals surface area contributed by atoms with Crippen molar-refractivity contribution in [2.45, 2.75) is 19.8 Å². The van der Waals surface area contributed by atoms with Crippen molar-refractivity contribution >= 4 is 28.0 Å². The number of esters is 1. The lowest BCUT2D eigenvalue weighted by molar-refractivity contribution is -0.426. The van der Waals surface area contributed by atoms with Gasteiger partial charge in [0, 0.05) is 23.9 Å². The Kier molecular flexibility index (Phi) is 5.37. The third-order valence-electron chi connectivity index (χ3n) is 2.93. The molecule has 0 saturated carbocycles. The molecule has 8 heteroatoms. The van der Waals surface area contributed by atoms with E-state index in [-0.39, 0.29) is 25.5 Å². The number of fused-ring (bicyclic) bond motifs is 1. The van der Waals surface area contributed by atoms with Gasteiger partial charge in [0.25, 0.3) is 0 Å². The predicted molar refractivity (Wildman–Crippen MR) is 81.1 cm³/mol. The fraction of sp³-hybridized carbons (Fsp3) is 0.357. The van der Waals surface area contributed by atoms with E-state index in [9.17, 15) is 14.9 Å². The van der Waals surface area contributed by atoms with Gasteiger partial charge in [-0.05, 0) is 24.1 Å². The third kappa shape index (κ3) is 4.20. The lowest BCUT2D eigenvalue weighted by Gasteiger charge is -2.04. The molecule has 0 radical (unpaired) electrons. The first-order chi connectivity index (χ1) is 10.5. The molecule has 118 valence electrons. The summed E-state index contributed by atoms with van der Waals surface area (Å²) in [6.45, 7) is 1.59. The third-order valence-corrected chi connectivity index (χ3v) is 3.62. The number of hydrogen-bond donors (Lipinski definition) is 0. The molecule has 0 saturated heterocycles. The first-order valence-corrected chi connectivity index (χ1v) is 7.34. The van der Waals surface area contributed by atoms with E-state index >= 15 is 0 Å². The molecule has 22 heavy (non-hydrogen) atoms. The van der Waals surface area contributed by atoms with Gasteiger partial charge in [-0.3, -0.25) is 14.9 Å². The van der Waals surface area contributed by atoms with Gasteiger partial charge >= 0.3 is 5.97 Å². The van der Waals surface area contributed by atoms with Crippen LogP contribution in [0.1, 0.15) is 25.3 Å². The molecule has 0 aromatic heterocycles. The summed E-state index contributed by atoms with van der Waals surface area (Å²) < 4.78 is 15.9. The van der Waals surface area contributed by atoms with Crippen molar-refractivity contribution in [3.05, 3.63) is 38.0 Å². The summed E-state index contributed by atoms with van der Waals surface area (Å²) >= 11 is 3.36. The largest absolute Gasteiger partial charge is 0.466 e. The highest BCUT2D eigenvalue weighted by molar-refractivity contribution is 9.10. The molecule has 1 heterocycles. The Balaban J connectivity index is 2.12. The van der Waals surface area contributed by atoms with Gasteiger partial charge < -0.3 is 14.2 Å². The second kappa shape index (κ2) is 7.26. The van der Waals surface area contributed by atoms with Gasteiger partial charge in [-0.25, -0.2) is 0 Å². The molecular weight excluding hydrogens is 358 g/mol. The maximum atomic E-state index is 11.1. The topological polar surface area (TPSA) is 87.9 Å². The van der Waals surface area contributed by atoms with Crippen LogP contribution in [0.5, 0.6) is 11.5 Å². The van der Waals surface area contributed by atoms with Crippen molar-refractivity contribution in [1.29, 1.82) is 0 Å². The van der Waals surface area contributed by atoms with Crippen LogP contribution in [0.25, 0.3) is 6.08 Å². The van der Waals surface area contributed by atoms with Crippen LogP contribution in [-0.2, 0) is 9.53 Å². The maximum Gasteiger partial charge on any atom is 0.302 e. The van der Waals surface area contributed by atoms with Crippen LogP contribution in [0, 0.1) is 10.1 Å². The molecule has 1 aliphatic heterocycles. The lowest BCUT2D eigenvalue weighted by Crippen LogP contribution is -2.04. The molecule has 0 aliphatic carbocycles. The second-order valence-corrected chi connectivity index (χ2v) is 5.42. The average molecular weight is 372 g/mol. The van der Waals surface area contributed by atoms with Gasteiger partial charge in [-0.2, -0.15) is 0 Å². The van der Waals surface area contributed by atoms with Crippen LogP contribution in [-0.4, -0.2) is 24.3 Å². The smallest absolute Gasteiger partial charge is 0.302 e. The standard InChI is InChI=1S/C14H14BrNO6/c1-9(17)20-4-2-3-11(16(18)19)5-10-6-13-14(7-12(10)15)22-8-21-13/h5-7H,2-4,8H2,1H3/b11-5+. The minimum atomic E-state index is -0.440. The number of ether oxygens (including phenoxy) is 3. The molecule has 0 unspecified atom stereocenters. The Morgan fingerprint density at radius 2 is 2.14 bits per heavy atom. The SMILES string of the molecule is CC(=O)OCCC/C(=C\c1cc2c(cc1Br)OCO2)[N+](=O)[O-]. The van der Waals surface area contributed by atoms with E-state index in [2.05, 4.69) is 15.9 Å². The Hall–Kier alpha value is -2.09. The Morgan fingerprint density at radius 3 is 2.77 bits per heavy atom. The van der Waals surface area contributed by atoms with Crippen LogP contribution in [0.3, 0.4) is 0 Å². The number of nitro groups is 1. The maximum absolute atomic E-state index is 11.1. The van der Waals surface area contributed by atoms with Crippen LogP contribution >= 0.6 is 15.9 Å². The summed E-state index contributed by atoms with van der Waals surface area (Å²) in [5.74, 6) is 0.753. The van der Waals surface area contributed by atoms with Gasteiger partial charge in [-0.1, -0.05) is 15.9 Å². The van der Waals surface area contributed by atoms with E-state index in [1.165, 1.54) is 13.0 Å². The number of hydrogen-bond acceptors (Lipinski definition) is 6. The van der Waals surface area contributed by atoms with Gasteiger partial charge in [0.15, 0.2) is 11.5 Å². The molecule has 0 fully saturated rings. The molecule has 7 nitrogen and oxygen atoms in total. The van der Waals surface area contributed by atoms with Gasteiger partial charge in [0.05, 0.1) is 11.5 Å². The summed E-state index contributed by atoms with van der Waals surface area (Å²) in [6.07, 6.45) is 2.05. The number of nitrogens with zero attached hydrogens (tertiary/aromatic N) is 1. The van der Waals surface area contributed by atoms with E-state index < -0.39 is 10.9 Å². The number of halogens is 1. The Labute approximate surface area is 135 Å². The van der Waals surface area contributed by atoms with Crippen LogP contribution in [0.4, 0.5) is 0 Å². The number of benzene rings is 1. The summed E-state index contributed by atoms with van der Waals surface area (Å²) in [4.78, 5) is 21.4. The quantitative estimate of drug-likeness (QED) is 0.330. The molecule has 0 N–H and O–H groups in total. The summed E-state index contributed by atoms with van der Waals surface area (Å²) in [5.41, 5.74) is 0.662. The zero-order chi connectivity index (χ0) is 16.1. The van der Waals surface area contributed by atoms with Crippen LogP contribution < -0.4 is 9.47 Å². The van der Waals surface area contributed by atoms with Crippen LogP contribution in [0.2, 0.25) is 0 Å². The van der Waals surface area contributed by atoms with Gasteiger partial charge in [0.2, 0.25) is 12.5 Å². The van der Waals surface area contributed by atoms with Gasteiger partial charge in [0.1, 0.15) is 0 Å². The molecule has 1 aromatic rings. The molecule has 0 atom stereocenters. The fourth-order valence-corrected chi connectivity index (χ4v) is 2.35. The Bertz CT molecular complexity index is 628. The van der Waals surface area contributed by atoms with Crippen molar-refractivity contribution in [2.75, 3.05) is 13.4 Å². The fourth-order valence-electron chi connectivity index (χ4n) is 1.91. The zero-order valence-corrected chi connectivity index (χ0v) is 13.4. The number of rotatable bonds is 6. The molecule has 2 rings (SSSR count). The van der Waals surface area contributed by atoms with Crippen molar-refractivity contribution in [3.8, 4) is 11.5 Å². The highest BCUT2D eigenvalue weighted by atomic mass is 79.9. The van der Waals surface area contributed by atoms with Crippen molar-refractivity contribution in [3.63, 3.8) is 0 Å². The molecule has 0 bridgehead atoms. The zero-order valence-electron chi connectivity index (χ0n) is 11.8. The second-order valence-electron chi connectivity index (χ2n) is 4.56. The van der Waals surface area contributed by atoms with Crippen molar-refractivity contribution in [2.24, 2.45) is 0 Å². The molecule has 0 spiro atoms. The normalized spacial score (nSPS) is 13.1. The average Bonchev–Trinajstić information content (AvgIpc) is 2.88. The van der Waals surface area contributed by atoms with E-state index in [0.717, 1.165) is 0 Å². The first-order valence-electron chi connectivity index (χ1n) is 6.55. The minimum absolute atomic E-state index is 0.0340. The number of carbonyl (C=O) groups is 1. The Morgan fingerprint density at radius 1 is 1.45 bits per heavy atom. The molecule has 1 aliphatic rings. The highest BCUT2D eigenvalue weighted by Gasteiger charge is 2.18. The van der Waals surface area contributed by atoms with E-state index in [4.69, 9.17) is 14.2 Å². The monoisotopic (exact) mass is 371 g/mol. The van der Waals surface area contributed by atoms with Crippen molar-refractivity contribution in [1.82, 2.24) is 0 Å². The predicted octanol–water partition coefficient (Wildman–Crippen LogP) is 3.14. The van der Waals surface area contributed by atoms with Crippen molar-refractivity contribution < 1.29 is 23.9 Å². The molecule has 1 aromatic carbocycles.